The van der Waals surface area contributed by atoms with Gasteiger partial charge in [-0.25, -0.2) is 0 Å². The Morgan fingerprint density at radius 1 is 1.21 bits per heavy atom. The van der Waals surface area contributed by atoms with Crippen LogP contribution in [0.1, 0.15) is 30.4 Å². The number of aliphatic hydroxyl groups excluding tert-OH is 3. The predicted octanol–water partition coefficient (Wildman–Crippen LogP) is -0.396. The van der Waals surface area contributed by atoms with Gasteiger partial charge in [-0.2, -0.15) is 0 Å². The molecule has 1 aromatic rings. The number of anilines is 2. The number of rotatable bonds is 2. The van der Waals surface area contributed by atoms with Crippen molar-refractivity contribution in [1.82, 2.24) is 0 Å². The van der Waals surface area contributed by atoms with Gasteiger partial charge in [0.25, 0.3) is 5.91 Å². The lowest BCUT2D eigenvalue weighted by Gasteiger charge is -2.50. The van der Waals surface area contributed by atoms with Crippen LogP contribution in [0.4, 0.5) is 11.4 Å². The zero-order valence-electron chi connectivity index (χ0n) is 18.2. The number of aliphatic hydroxyl groups is 4. The van der Waals surface area contributed by atoms with E-state index in [0.29, 0.717) is 11.3 Å². The lowest BCUT2D eigenvalue weighted by molar-refractivity contribution is -0.160. The molecule has 11 heteroatoms. The summed E-state index contributed by atoms with van der Waals surface area (Å²) in [5.74, 6) is -9.18. The molecule has 176 valence electrons. The number of primary amides is 1. The number of nitrogens with two attached hydrogens (primary N) is 2. The van der Waals surface area contributed by atoms with Crippen molar-refractivity contribution in [3.05, 3.63) is 34.1 Å². The third-order valence-electron chi connectivity index (χ3n) is 7.08. The Labute approximate surface area is 188 Å². The van der Waals surface area contributed by atoms with Crippen LogP contribution in [0, 0.1) is 11.8 Å². The molecule has 11 nitrogen and oxygen atoms in total. The number of phenolic OH excluding ortho intramolecular Hbond substituents is 1. The molecule has 0 spiro atoms. The number of Topliss-reactive ketones (excluding diaryl/α,β-unsaturated/α-hetero) is 2. The fourth-order valence-electron chi connectivity index (χ4n) is 5.51. The molecule has 33 heavy (non-hydrogen) atoms. The molecule has 1 fully saturated rings. The topological polar surface area (TPSA) is 208 Å². The van der Waals surface area contributed by atoms with Crippen LogP contribution in [0.15, 0.2) is 23.0 Å². The second-order valence-corrected chi connectivity index (χ2v) is 9.00. The van der Waals surface area contributed by atoms with E-state index in [0.717, 1.165) is 0 Å². The number of carbonyl (C=O) groups is 3. The maximum atomic E-state index is 13.6. The van der Waals surface area contributed by atoms with Crippen molar-refractivity contribution in [2.75, 3.05) is 24.7 Å². The standard InChI is InChI=1S/C22H25N3O8/c1-6-11-9(25(2)3)5-8(23)17(28)14(11)18(29)15-12(6)16(27)7-4-10(26)13(21(24)32)19(30)22(7,33)20(15)31/h5-7,12,16,27-30,33H,4,23H2,1-3H3,(H2,24,32)/t6-,7+,12+,16-,22+/m0/s1. The minimum Gasteiger partial charge on any atom is -0.508 e. The summed E-state index contributed by atoms with van der Waals surface area (Å²) in [5.41, 5.74) is 7.56. The number of phenols is 1. The quantitative estimate of drug-likeness (QED) is 0.173. The van der Waals surface area contributed by atoms with Crippen LogP contribution >= 0.6 is 0 Å². The van der Waals surface area contributed by atoms with E-state index < -0.39 is 81.8 Å². The molecule has 0 aliphatic heterocycles. The summed E-state index contributed by atoms with van der Waals surface area (Å²) in [6, 6.07) is 1.49. The predicted molar refractivity (Wildman–Crippen MR) is 116 cm³/mol. The fourth-order valence-corrected chi connectivity index (χ4v) is 5.51. The normalized spacial score (nSPS) is 31.2. The Morgan fingerprint density at radius 2 is 1.82 bits per heavy atom. The first kappa shape index (κ1) is 22.6. The largest absolute Gasteiger partial charge is 0.508 e. The molecular formula is C22H25N3O8. The molecule has 4 rings (SSSR count). The second-order valence-electron chi connectivity index (χ2n) is 9.00. The van der Waals surface area contributed by atoms with Crippen LogP contribution in [-0.2, 0) is 14.4 Å². The van der Waals surface area contributed by atoms with Crippen LogP contribution < -0.4 is 16.4 Å². The summed E-state index contributed by atoms with van der Waals surface area (Å²) in [6.45, 7) is 1.66. The fraction of sp³-hybridized carbons (Fsp3) is 0.409. The van der Waals surface area contributed by atoms with Gasteiger partial charge >= 0.3 is 0 Å². The van der Waals surface area contributed by atoms with Crippen molar-refractivity contribution in [3.63, 3.8) is 0 Å². The van der Waals surface area contributed by atoms with Gasteiger partial charge in [0.1, 0.15) is 22.8 Å². The zero-order valence-corrected chi connectivity index (χ0v) is 18.2. The smallest absolute Gasteiger partial charge is 0.255 e. The first-order chi connectivity index (χ1) is 15.3. The highest BCUT2D eigenvalue weighted by Crippen LogP contribution is 2.57. The summed E-state index contributed by atoms with van der Waals surface area (Å²) < 4.78 is 0. The van der Waals surface area contributed by atoms with Crippen molar-refractivity contribution < 1.29 is 39.9 Å². The van der Waals surface area contributed by atoms with E-state index in [4.69, 9.17) is 11.5 Å². The molecule has 3 aliphatic carbocycles. The summed E-state index contributed by atoms with van der Waals surface area (Å²) in [4.78, 5) is 39.4. The molecule has 0 radical (unpaired) electrons. The molecule has 1 aromatic carbocycles. The van der Waals surface area contributed by atoms with Crippen LogP contribution in [0.25, 0.3) is 5.76 Å². The van der Waals surface area contributed by atoms with E-state index >= 15 is 0 Å². The van der Waals surface area contributed by atoms with Gasteiger partial charge in [0.2, 0.25) is 5.78 Å². The van der Waals surface area contributed by atoms with E-state index in [9.17, 15) is 39.9 Å². The van der Waals surface area contributed by atoms with Crippen molar-refractivity contribution in [2.45, 2.75) is 31.0 Å². The molecule has 0 saturated heterocycles. The first-order valence-electron chi connectivity index (χ1n) is 10.2. The molecule has 0 unspecified atom stereocenters. The number of amides is 1. The minimum absolute atomic E-state index is 0.0716. The Hall–Kier alpha value is -3.57. The Kier molecular flexibility index (Phi) is 4.77. The zero-order chi connectivity index (χ0) is 24.7. The van der Waals surface area contributed by atoms with E-state index in [1.807, 2.05) is 0 Å². The van der Waals surface area contributed by atoms with E-state index in [1.165, 1.54) is 6.07 Å². The van der Waals surface area contributed by atoms with Crippen molar-refractivity contribution >= 4 is 34.6 Å². The van der Waals surface area contributed by atoms with Crippen LogP contribution in [-0.4, -0.2) is 68.8 Å². The van der Waals surface area contributed by atoms with Crippen LogP contribution in [0.3, 0.4) is 0 Å². The SMILES string of the molecule is C[C@H]1c2c(N(C)C)cc(N)c(O)c2C(O)=C2C(=O)[C@]3(O)C(O)=C(C(N)=O)C(=O)C[C@@H]3[C@H](O)[C@@H]21. The Morgan fingerprint density at radius 3 is 2.36 bits per heavy atom. The number of nitrogen functional groups attached to an aromatic ring is 1. The van der Waals surface area contributed by atoms with Gasteiger partial charge < -0.3 is 41.9 Å². The van der Waals surface area contributed by atoms with E-state index in [-0.39, 0.29) is 11.3 Å². The number of ketones is 2. The maximum absolute atomic E-state index is 13.6. The summed E-state index contributed by atoms with van der Waals surface area (Å²) in [6.07, 6.45) is -2.20. The highest BCUT2D eigenvalue weighted by atomic mass is 16.4. The Balaban J connectivity index is 2.06. The molecule has 0 heterocycles. The van der Waals surface area contributed by atoms with Gasteiger partial charge in [-0.1, -0.05) is 6.92 Å². The van der Waals surface area contributed by atoms with E-state index in [2.05, 4.69) is 0 Å². The molecular weight excluding hydrogens is 434 g/mol. The van der Waals surface area contributed by atoms with Gasteiger partial charge in [0, 0.05) is 43.6 Å². The number of nitrogens with zero attached hydrogens (tertiary/aromatic N) is 1. The highest BCUT2D eigenvalue weighted by molar-refractivity contribution is 6.23. The molecule has 1 amide bonds. The molecule has 5 atom stereocenters. The number of hydrogen-bond acceptors (Lipinski definition) is 10. The number of benzene rings is 1. The van der Waals surface area contributed by atoms with Gasteiger partial charge in [-0.05, 0) is 17.5 Å². The third-order valence-corrected chi connectivity index (χ3v) is 7.08. The van der Waals surface area contributed by atoms with Crippen molar-refractivity contribution in [2.24, 2.45) is 17.6 Å². The number of hydrogen-bond donors (Lipinski definition) is 7. The van der Waals surface area contributed by atoms with Crippen LogP contribution in [0.2, 0.25) is 0 Å². The molecule has 0 bridgehead atoms. The summed E-state index contributed by atoms with van der Waals surface area (Å²) in [5, 5.41) is 54.9. The molecule has 9 N–H and O–H groups in total. The lowest BCUT2D eigenvalue weighted by Crippen LogP contribution is -2.64. The van der Waals surface area contributed by atoms with Gasteiger partial charge in [0.05, 0.1) is 17.4 Å². The molecule has 3 aliphatic rings. The number of aromatic hydroxyl groups is 1. The van der Waals surface area contributed by atoms with Crippen molar-refractivity contribution in [1.29, 1.82) is 0 Å². The van der Waals surface area contributed by atoms with Gasteiger partial charge in [-0.15, -0.1) is 0 Å². The van der Waals surface area contributed by atoms with E-state index in [1.54, 1.807) is 25.9 Å². The monoisotopic (exact) mass is 459 g/mol. The van der Waals surface area contributed by atoms with Crippen molar-refractivity contribution in [3.8, 4) is 5.75 Å². The number of carbonyl (C=O) groups excluding carboxylic acids is 3. The average Bonchev–Trinajstić information content (AvgIpc) is 2.72. The maximum Gasteiger partial charge on any atom is 0.255 e. The Bertz CT molecular complexity index is 1200. The minimum atomic E-state index is -2.87. The van der Waals surface area contributed by atoms with Crippen LogP contribution in [0.5, 0.6) is 5.75 Å². The second kappa shape index (κ2) is 6.96. The molecule has 1 saturated carbocycles. The van der Waals surface area contributed by atoms with Gasteiger partial charge in [-0.3, -0.25) is 14.4 Å². The lowest BCUT2D eigenvalue weighted by atomic mass is 9.55. The number of fused-ring (bicyclic) bond motifs is 3. The first-order valence-corrected chi connectivity index (χ1v) is 10.2. The average molecular weight is 459 g/mol. The third kappa shape index (κ3) is 2.66. The highest BCUT2D eigenvalue weighted by Gasteiger charge is 2.65. The summed E-state index contributed by atoms with van der Waals surface area (Å²) >= 11 is 0. The molecule has 0 aromatic heterocycles. The van der Waals surface area contributed by atoms with Gasteiger partial charge in [0.15, 0.2) is 11.4 Å². The summed E-state index contributed by atoms with van der Waals surface area (Å²) in [7, 11) is 3.43.